The lowest BCUT2D eigenvalue weighted by molar-refractivity contribution is 0.419. The minimum Gasteiger partial charge on any atom is -0.0654 e. The molecule has 0 saturated heterocycles. The smallest absolute Gasteiger partial charge is 0.0160 e. The standard InChI is InChI=1S/C16H26/c1-4-9-14(3)13-16(10-5-2)15-11-7-6-8-12-15/h6-8,11-12,14,16H,4-5,9-10,13H2,1-3H3. The van der Waals surface area contributed by atoms with Crippen molar-refractivity contribution >= 4 is 0 Å². The van der Waals surface area contributed by atoms with Crippen LogP contribution in [0.2, 0.25) is 0 Å². The van der Waals surface area contributed by atoms with E-state index < -0.39 is 0 Å². The highest BCUT2D eigenvalue weighted by Crippen LogP contribution is 2.29. The summed E-state index contributed by atoms with van der Waals surface area (Å²) in [5.74, 6) is 1.63. The van der Waals surface area contributed by atoms with Crippen LogP contribution in [0, 0.1) is 5.92 Å². The molecule has 0 aromatic heterocycles. The minimum absolute atomic E-state index is 0.771. The van der Waals surface area contributed by atoms with Crippen molar-refractivity contribution in [3.05, 3.63) is 35.9 Å². The van der Waals surface area contributed by atoms with Gasteiger partial charge in [-0.2, -0.15) is 0 Å². The lowest BCUT2D eigenvalue weighted by Gasteiger charge is -2.20. The van der Waals surface area contributed by atoms with E-state index >= 15 is 0 Å². The lowest BCUT2D eigenvalue weighted by Crippen LogP contribution is -2.05. The van der Waals surface area contributed by atoms with E-state index in [9.17, 15) is 0 Å². The molecule has 0 bridgehead atoms. The first kappa shape index (κ1) is 13.3. The molecule has 1 aromatic rings. The number of hydrogen-bond acceptors (Lipinski definition) is 0. The first-order valence-corrected chi connectivity index (χ1v) is 6.82. The first-order chi connectivity index (χ1) is 7.77. The maximum atomic E-state index is 2.40. The van der Waals surface area contributed by atoms with Crippen molar-refractivity contribution in [2.24, 2.45) is 5.92 Å². The van der Waals surface area contributed by atoms with Gasteiger partial charge in [0.2, 0.25) is 0 Å². The van der Waals surface area contributed by atoms with E-state index in [-0.39, 0.29) is 0 Å². The summed E-state index contributed by atoms with van der Waals surface area (Å²) in [4.78, 5) is 0. The molecule has 0 aliphatic rings. The third-order valence-corrected chi connectivity index (χ3v) is 3.38. The molecule has 0 fully saturated rings. The number of rotatable bonds is 7. The van der Waals surface area contributed by atoms with Crippen molar-refractivity contribution in [3.8, 4) is 0 Å². The van der Waals surface area contributed by atoms with Gasteiger partial charge in [0, 0.05) is 0 Å². The molecule has 16 heavy (non-hydrogen) atoms. The molecule has 0 aliphatic heterocycles. The molecule has 2 unspecified atom stereocenters. The third kappa shape index (κ3) is 4.38. The van der Waals surface area contributed by atoms with E-state index in [0.29, 0.717) is 0 Å². The van der Waals surface area contributed by atoms with Crippen molar-refractivity contribution in [1.29, 1.82) is 0 Å². The van der Waals surface area contributed by atoms with E-state index in [1.54, 1.807) is 0 Å². The van der Waals surface area contributed by atoms with Gasteiger partial charge < -0.3 is 0 Å². The molecule has 0 heteroatoms. The summed E-state index contributed by atoms with van der Waals surface area (Å²) in [7, 11) is 0. The molecule has 2 atom stereocenters. The van der Waals surface area contributed by atoms with Gasteiger partial charge >= 0.3 is 0 Å². The lowest BCUT2D eigenvalue weighted by atomic mass is 9.85. The molecule has 0 aliphatic carbocycles. The van der Waals surface area contributed by atoms with Crippen molar-refractivity contribution in [2.75, 3.05) is 0 Å². The second-order valence-electron chi connectivity index (χ2n) is 5.03. The Labute approximate surface area is 101 Å². The highest BCUT2D eigenvalue weighted by Gasteiger charge is 2.13. The number of benzene rings is 1. The van der Waals surface area contributed by atoms with Crippen LogP contribution in [0.5, 0.6) is 0 Å². The topological polar surface area (TPSA) is 0 Å². The molecule has 0 nitrogen and oxygen atoms in total. The molecular weight excluding hydrogens is 192 g/mol. The maximum absolute atomic E-state index is 2.40. The Morgan fingerprint density at radius 1 is 0.938 bits per heavy atom. The average Bonchev–Trinajstić information content (AvgIpc) is 2.30. The normalized spacial score (nSPS) is 14.7. The second-order valence-corrected chi connectivity index (χ2v) is 5.03. The van der Waals surface area contributed by atoms with Gasteiger partial charge in [0.1, 0.15) is 0 Å². The number of hydrogen-bond donors (Lipinski definition) is 0. The van der Waals surface area contributed by atoms with Crippen molar-refractivity contribution < 1.29 is 0 Å². The minimum atomic E-state index is 0.771. The first-order valence-electron chi connectivity index (χ1n) is 6.82. The van der Waals surface area contributed by atoms with Gasteiger partial charge in [-0.15, -0.1) is 0 Å². The summed E-state index contributed by atoms with van der Waals surface area (Å²) < 4.78 is 0. The van der Waals surface area contributed by atoms with E-state index in [1.165, 1.54) is 37.7 Å². The van der Waals surface area contributed by atoms with Crippen LogP contribution in [0.4, 0.5) is 0 Å². The van der Waals surface area contributed by atoms with Gasteiger partial charge in [0.05, 0.1) is 0 Å². The van der Waals surface area contributed by atoms with Crippen LogP contribution in [-0.4, -0.2) is 0 Å². The van der Waals surface area contributed by atoms with Gasteiger partial charge in [0.25, 0.3) is 0 Å². The predicted octanol–water partition coefficient (Wildman–Crippen LogP) is 5.40. The van der Waals surface area contributed by atoms with Crippen LogP contribution in [0.1, 0.15) is 64.4 Å². The van der Waals surface area contributed by atoms with Crippen LogP contribution < -0.4 is 0 Å². The van der Waals surface area contributed by atoms with Crippen molar-refractivity contribution in [1.82, 2.24) is 0 Å². The Morgan fingerprint density at radius 2 is 1.56 bits per heavy atom. The van der Waals surface area contributed by atoms with Crippen LogP contribution in [0.3, 0.4) is 0 Å². The highest BCUT2D eigenvalue weighted by molar-refractivity contribution is 5.19. The summed E-state index contributed by atoms with van der Waals surface area (Å²) >= 11 is 0. The van der Waals surface area contributed by atoms with E-state index in [0.717, 1.165) is 11.8 Å². The fraction of sp³-hybridized carbons (Fsp3) is 0.625. The Bertz CT molecular complexity index is 263. The molecule has 0 radical (unpaired) electrons. The predicted molar refractivity (Wildman–Crippen MR) is 72.8 cm³/mol. The second kappa shape index (κ2) is 7.49. The van der Waals surface area contributed by atoms with Crippen LogP contribution in [0.25, 0.3) is 0 Å². The average molecular weight is 218 g/mol. The Morgan fingerprint density at radius 3 is 2.12 bits per heavy atom. The Kier molecular flexibility index (Phi) is 6.22. The summed E-state index contributed by atoms with van der Waals surface area (Å²) in [5, 5.41) is 0. The van der Waals surface area contributed by atoms with E-state index in [2.05, 4.69) is 51.1 Å². The van der Waals surface area contributed by atoms with Crippen LogP contribution in [-0.2, 0) is 0 Å². The molecule has 0 amide bonds. The summed E-state index contributed by atoms with van der Waals surface area (Å²) in [6.45, 7) is 6.98. The zero-order valence-corrected chi connectivity index (χ0v) is 11.1. The van der Waals surface area contributed by atoms with Gasteiger partial charge in [-0.05, 0) is 30.2 Å². The molecule has 0 N–H and O–H groups in total. The van der Waals surface area contributed by atoms with Crippen LogP contribution in [0.15, 0.2) is 30.3 Å². The SMILES string of the molecule is CCCC(C)CC(CCC)c1ccccc1. The molecule has 0 saturated carbocycles. The fourth-order valence-electron chi connectivity index (χ4n) is 2.59. The fourth-order valence-corrected chi connectivity index (χ4v) is 2.59. The Balaban J connectivity index is 2.60. The molecule has 0 heterocycles. The van der Waals surface area contributed by atoms with Gasteiger partial charge in [-0.25, -0.2) is 0 Å². The summed E-state index contributed by atoms with van der Waals surface area (Å²) in [5.41, 5.74) is 1.53. The quantitative estimate of drug-likeness (QED) is 0.575. The van der Waals surface area contributed by atoms with Crippen molar-refractivity contribution in [3.63, 3.8) is 0 Å². The zero-order valence-electron chi connectivity index (χ0n) is 11.1. The largest absolute Gasteiger partial charge is 0.0654 e. The van der Waals surface area contributed by atoms with Crippen molar-refractivity contribution in [2.45, 2.75) is 58.8 Å². The third-order valence-electron chi connectivity index (χ3n) is 3.38. The van der Waals surface area contributed by atoms with E-state index in [4.69, 9.17) is 0 Å². The van der Waals surface area contributed by atoms with E-state index in [1.807, 2.05) is 0 Å². The molecule has 1 rings (SSSR count). The molecule has 0 spiro atoms. The van der Waals surface area contributed by atoms with Gasteiger partial charge in [-0.3, -0.25) is 0 Å². The maximum Gasteiger partial charge on any atom is -0.0160 e. The molecule has 1 aromatic carbocycles. The Hall–Kier alpha value is -0.780. The van der Waals surface area contributed by atoms with Gasteiger partial charge in [-0.1, -0.05) is 70.4 Å². The molecule has 90 valence electrons. The zero-order chi connectivity index (χ0) is 11.8. The highest BCUT2D eigenvalue weighted by atomic mass is 14.2. The van der Waals surface area contributed by atoms with Gasteiger partial charge in [0.15, 0.2) is 0 Å². The molecular formula is C16H26. The summed E-state index contributed by atoms with van der Waals surface area (Å²) in [6.07, 6.45) is 6.66. The monoisotopic (exact) mass is 218 g/mol. The summed E-state index contributed by atoms with van der Waals surface area (Å²) in [6, 6.07) is 11.0. The van der Waals surface area contributed by atoms with Crippen LogP contribution >= 0.6 is 0 Å².